The van der Waals surface area contributed by atoms with Crippen molar-refractivity contribution < 1.29 is 28.2 Å². The van der Waals surface area contributed by atoms with Gasteiger partial charge in [0.2, 0.25) is 5.91 Å². The maximum Gasteiger partial charge on any atom is 0.261 e. The fourth-order valence-corrected chi connectivity index (χ4v) is 2.86. The van der Waals surface area contributed by atoms with Crippen LogP contribution in [0.4, 0.5) is 4.39 Å². The molecule has 0 aliphatic carbocycles. The van der Waals surface area contributed by atoms with Gasteiger partial charge in [0.15, 0.2) is 6.61 Å². The highest BCUT2D eigenvalue weighted by molar-refractivity contribution is 5.87. The molecule has 7 nitrogen and oxygen atoms in total. The monoisotopic (exact) mass is 432 g/mol. The van der Waals surface area contributed by atoms with E-state index in [1.54, 1.807) is 37.3 Å². The second-order valence-corrected chi connectivity index (χ2v) is 6.95. The van der Waals surface area contributed by atoms with Gasteiger partial charge in [-0.3, -0.25) is 9.59 Å². The van der Waals surface area contributed by atoms with Crippen LogP contribution in [0.3, 0.4) is 0 Å². The Morgan fingerprint density at radius 2 is 1.61 bits per heavy atom. The summed E-state index contributed by atoms with van der Waals surface area (Å²) in [5.74, 6) is 0.431. The number of methoxy groups -OCH3 is 2. The predicted molar refractivity (Wildman–Crippen MR) is 115 cm³/mol. The summed E-state index contributed by atoms with van der Waals surface area (Å²) >= 11 is 0. The number of hydrogen-bond donors (Lipinski definition) is 1. The third kappa shape index (κ3) is 7.16. The van der Waals surface area contributed by atoms with Crippen LogP contribution in [0.2, 0.25) is 0 Å². The van der Waals surface area contributed by atoms with Crippen molar-refractivity contribution in [3.8, 4) is 17.2 Å². The van der Waals surface area contributed by atoms with Crippen LogP contribution in [-0.4, -0.2) is 50.1 Å². The van der Waals surface area contributed by atoms with Gasteiger partial charge in [0.25, 0.3) is 5.91 Å². The second kappa shape index (κ2) is 11.8. The van der Waals surface area contributed by atoms with Crippen LogP contribution in [0.15, 0.2) is 42.5 Å². The molecule has 31 heavy (non-hydrogen) atoms. The molecule has 0 aliphatic heterocycles. The lowest BCUT2D eigenvalue weighted by Gasteiger charge is -2.28. The molecule has 0 saturated heterocycles. The number of benzene rings is 2. The number of halogens is 1. The molecule has 2 amide bonds. The average Bonchev–Trinajstić information content (AvgIpc) is 2.79. The van der Waals surface area contributed by atoms with E-state index in [2.05, 4.69) is 5.32 Å². The molecule has 1 atom stereocenters. The van der Waals surface area contributed by atoms with Crippen molar-refractivity contribution in [2.75, 3.05) is 27.4 Å². The van der Waals surface area contributed by atoms with Crippen LogP contribution in [0, 0.1) is 5.82 Å². The summed E-state index contributed by atoms with van der Waals surface area (Å²) in [6.45, 7) is 3.97. The maximum absolute atomic E-state index is 13.3. The first-order valence-electron chi connectivity index (χ1n) is 10.1. The van der Waals surface area contributed by atoms with Crippen LogP contribution in [0.5, 0.6) is 17.2 Å². The van der Waals surface area contributed by atoms with E-state index in [0.717, 1.165) is 6.42 Å². The topological polar surface area (TPSA) is 77.1 Å². The molecule has 0 aliphatic rings. The van der Waals surface area contributed by atoms with E-state index in [1.165, 1.54) is 31.3 Å². The molecule has 168 valence electrons. The number of amides is 2. The summed E-state index contributed by atoms with van der Waals surface area (Å²) in [5.41, 5.74) is 0.702. The highest BCUT2D eigenvalue weighted by Crippen LogP contribution is 2.27. The first-order chi connectivity index (χ1) is 14.9. The van der Waals surface area contributed by atoms with E-state index < -0.39 is 6.04 Å². The summed E-state index contributed by atoms with van der Waals surface area (Å²) in [5, 5.41) is 2.80. The molecule has 0 radical (unpaired) electrons. The van der Waals surface area contributed by atoms with E-state index in [-0.39, 0.29) is 30.8 Å². The van der Waals surface area contributed by atoms with E-state index in [1.807, 2.05) is 6.92 Å². The van der Waals surface area contributed by atoms with Crippen LogP contribution >= 0.6 is 0 Å². The van der Waals surface area contributed by atoms with Gasteiger partial charge in [-0.1, -0.05) is 19.1 Å². The van der Waals surface area contributed by atoms with Crippen LogP contribution in [-0.2, 0) is 16.1 Å². The molecule has 0 spiro atoms. The predicted octanol–water partition coefficient (Wildman–Crippen LogP) is 3.17. The molecular formula is C23H29FN2O5. The Labute approximate surface area is 182 Å². The number of carbonyl (C=O) groups excluding carboxylic acids is 2. The SMILES string of the molecule is CCCNC(=O)[C@H](C)N(Cc1ccc(F)cc1)C(=O)COc1cc(OC)cc(OC)c1. The van der Waals surface area contributed by atoms with Gasteiger partial charge < -0.3 is 24.4 Å². The standard InChI is InChI=1S/C23H29FN2O5/c1-5-10-25-23(28)16(2)26(14-17-6-8-18(24)9-7-17)22(27)15-31-21-12-19(29-3)11-20(13-21)30-4/h6-9,11-13,16H,5,10,14-15H2,1-4H3,(H,25,28)/t16-/m0/s1. The average molecular weight is 432 g/mol. The Balaban J connectivity index is 2.16. The number of rotatable bonds is 11. The lowest BCUT2D eigenvalue weighted by atomic mass is 10.1. The normalized spacial score (nSPS) is 11.4. The highest BCUT2D eigenvalue weighted by atomic mass is 19.1. The maximum atomic E-state index is 13.3. The van der Waals surface area contributed by atoms with Crippen molar-refractivity contribution >= 4 is 11.8 Å². The van der Waals surface area contributed by atoms with Gasteiger partial charge in [-0.2, -0.15) is 0 Å². The molecule has 0 aromatic heterocycles. The molecule has 0 fully saturated rings. The molecule has 0 heterocycles. The van der Waals surface area contributed by atoms with Crippen molar-refractivity contribution in [3.63, 3.8) is 0 Å². The minimum absolute atomic E-state index is 0.143. The smallest absolute Gasteiger partial charge is 0.261 e. The fraction of sp³-hybridized carbons (Fsp3) is 0.391. The molecule has 2 aromatic rings. The van der Waals surface area contributed by atoms with Crippen molar-refractivity contribution in [2.45, 2.75) is 32.9 Å². The van der Waals surface area contributed by atoms with E-state index in [9.17, 15) is 14.0 Å². The molecule has 2 aromatic carbocycles. The zero-order valence-electron chi connectivity index (χ0n) is 18.3. The Morgan fingerprint density at radius 1 is 1.03 bits per heavy atom. The van der Waals surface area contributed by atoms with Crippen LogP contribution in [0.1, 0.15) is 25.8 Å². The number of carbonyl (C=O) groups is 2. The zero-order valence-corrected chi connectivity index (χ0v) is 18.3. The van der Waals surface area contributed by atoms with Crippen molar-refractivity contribution in [1.82, 2.24) is 10.2 Å². The number of nitrogens with zero attached hydrogens (tertiary/aromatic N) is 1. The van der Waals surface area contributed by atoms with Crippen molar-refractivity contribution in [2.24, 2.45) is 0 Å². The second-order valence-electron chi connectivity index (χ2n) is 6.95. The fourth-order valence-electron chi connectivity index (χ4n) is 2.86. The number of nitrogens with one attached hydrogen (secondary N) is 1. The summed E-state index contributed by atoms with van der Waals surface area (Å²) in [6.07, 6.45) is 0.783. The van der Waals surface area contributed by atoms with E-state index in [0.29, 0.717) is 29.4 Å². The van der Waals surface area contributed by atoms with Crippen LogP contribution in [0.25, 0.3) is 0 Å². The lowest BCUT2D eigenvalue weighted by Crippen LogP contribution is -2.49. The largest absolute Gasteiger partial charge is 0.496 e. The minimum atomic E-state index is -0.729. The molecule has 0 unspecified atom stereocenters. The van der Waals surface area contributed by atoms with E-state index in [4.69, 9.17) is 14.2 Å². The Hall–Kier alpha value is -3.29. The molecule has 2 rings (SSSR count). The molecule has 1 N–H and O–H groups in total. The van der Waals surface area contributed by atoms with E-state index >= 15 is 0 Å². The van der Waals surface area contributed by atoms with Gasteiger partial charge in [-0.15, -0.1) is 0 Å². The lowest BCUT2D eigenvalue weighted by molar-refractivity contribution is -0.142. The third-order valence-electron chi connectivity index (χ3n) is 4.67. The van der Waals surface area contributed by atoms with Gasteiger partial charge in [0.1, 0.15) is 29.1 Å². The number of ether oxygens (including phenoxy) is 3. The summed E-state index contributed by atoms with van der Waals surface area (Å²) < 4.78 is 29.3. The van der Waals surface area contributed by atoms with Gasteiger partial charge in [0, 0.05) is 31.3 Å². The van der Waals surface area contributed by atoms with Gasteiger partial charge in [-0.25, -0.2) is 4.39 Å². The highest BCUT2D eigenvalue weighted by Gasteiger charge is 2.26. The molecular weight excluding hydrogens is 403 g/mol. The van der Waals surface area contributed by atoms with Crippen molar-refractivity contribution in [1.29, 1.82) is 0 Å². The van der Waals surface area contributed by atoms with Crippen LogP contribution < -0.4 is 19.5 Å². The number of hydrogen-bond acceptors (Lipinski definition) is 5. The Bertz CT molecular complexity index is 851. The first-order valence-corrected chi connectivity index (χ1v) is 10.1. The minimum Gasteiger partial charge on any atom is -0.496 e. The molecule has 8 heteroatoms. The zero-order chi connectivity index (χ0) is 22.8. The summed E-state index contributed by atoms with van der Waals surface area (Å²) in [6, 6.07) is 10.0. The van der Waals surface area contributed by atoms with Gasteiger partial charge >= 0.3 is 0 Å². The first kappa shape index (κ1) is 24.0. The Kier molecular flexibility index (Phi) is 9.12. The quantitative estimate of drug-likeness (QED) is 0.590. The third-order valence-corrected chi connectivity index (χ3v) is 4.67. The van der Waals surface area contributed by atoms with Gasteiger partial charge in [-0.05, 0) is 31.0 Å². The summed E-state index contributed by atoms with van der Waals surface area (Å²) in [4.78, 5) is 26.9. The van der Waals surface area contributed by atoms with Crippen molar-refractivity contribution in [3.05, 3.63) is 53.8 Å². The Morgan fingerprint density at radius 3 is 2.16 bits per heavy atom. The van der Waals surface area contributed by atoms with Gasteiger partial charge in [0.05, 0.1) is 14.2 Å². The summed E-state index contributed by atoms with van der Waals surface area (Å²) in [7, 11) is 3.04. The molecule has 0 saturated carbocycles. The molecule has 0 bridgehead atoms.